The number of amides is 1. The third kappa shape index (κ3) is 8.23. The van der Waals surface area contributed by atoms with Crippen molar-refractivity contribution in [1.82, 2.24) is 25.1 Å². The van der Waals surface area contributed by atoms with Gasteiger partial charge in [0.1, 0.15) is 11.6 Å². The van der Waals surface area contributed by atoms with Gasteiger partial charge < -0.3 is 19.9 Å². The predicted octanol–water partition coefficient (Wildman–Crippen LogP) is 4.97. The van der Waals surface area contributed by atoms with Crippen LogP contribution in [0.15, 0.2) is 42.5 Å². The molecule has 1 aromatic carbocycles. The molecule has 0 unspecified atom stereocenters. The van der Waals surface area contributed by atoms with Gasteiger partial charge >= 0.3 is 6.09 Å². The highest BCUT2D eigenvalue weighted by molar-refractivity contribution is 5.69. The first-order valence-corrected chi connectivity index (χ1v) is 11.4. The zero-order valence-electron chi connectivity index (χ0n) is 20.9. The quantitative estimate of drug-likeness (QED) is 0.460. The summed E-state index contributed by atoms with van der Waals surface area (Å²) in [5.41, 5.74) is 2.02. The molecule has 0 radical (unpaired) electrons. The van der Waals surface area contributed by atoms with Crippen molar-refractivity contribution in [1.29, 1.82) is 0 Å². The Morgan fingerprint density at radius 3 is 2.44 bits per heavy atom. The molecule has 0 aliphatic rings. The number of benzene rings is 1. The van der Waals surface area contributed by atoms with Gasteiger partial charge in [-0.3, -0.25) is 5.10 Å². The van der Waals surface area contributed by atoms with E-state index in [2.05, 4.69) is 20.5 Å². The van der Waals surface area contributed by atoms with Crippen molar-refractivity contribution in [3.8, 4) is 0 Å². The summed E-state index contributed by atoms with van der Waals surface area (Å²) in [4.78, 5) is 24.5. The lowest BCUT2D eigenvalue weighted by molar-refractivity contribution is 0.133. The minimum atomic E-state index is -0.344. The molecule has 2 aromatic heterocycles. The number of rotatable bonds is 9. The second-order valence-corrected chi connectivity index (χ2v) is 7.44. The molecule has 0 saturated heterocycles. The Hall–Kier alpha value is -3.88. The highest BCUT2D eigenvalue weighted by Gasteiger charge is 2.11. The molecule has 1 amide bonds. The van der Waals surface area contributed by atoms with Crippen LogP contribution in [0.25, 0.3) is 12.2 Å². The van der Waals surface area contributed by atoms with Crippen molar-refractivity contribution < 1.29 is 9.53 Å². The molecule has 3 rings (SSSR count). The van der Waals surface area contributed by atoms with Gasteiger partial charge in [0.15, 0.2) is 11.6 Å². The summed E-state index contributed by atoms with van der Waals surface area (Å²) in [7, 11) is 5.07. The maximum atomic E-state index is 11.6. The second-order valence-electron chi connectivity index (χ2n) is 7.44. The standard InChI is InChI=1S/C23H29N7O2.C2H6/c1-17-15-21(28-27-17)25-20-16-22(29(2)13-8-14-30(3)23(31)32-4)26-19(24-20)12-11-18-9-6-5-7-10-18;1-2/h5-7,9-12,15-16H,8,13-14H2,1-4H3,(H2,24,25,26,27,28);1-2H3/b12-11+;. The number of aromatic nitrogens is 4. The highest BCUT2D eigenvalue weighted by Crippen LogP contribution is 2.20. The summed E-state index contributed by atoms with van der Waals surface area (Å²) in [5, 5.41) is 10.4. The molecular weight excluding hydrogens is 430 g/mol. The molecule has 9 heteroatoms. The first-order chi connectivity index (χ1) is 16.4. The number of hydrogen-bond donors (Lipinski definition) is 2. The Kier molecular flexibility index (Phi) is 10.6. The highest BCUT2D eigenvalue weighted by atomic mass is 16.5. The van der Waals surface area contributed by atoms with E-state index in [4.69, 9.17) is 9.72 Å². The monoisotopic (exact) mass is 465 g/mol. The molecule has 3 aromatic rings. The zero-order valence-corrected chi connectivity index (χ0v) is 20.9. The number of aryl methyl sites for hydroxylation is 1. The van der Waals surface area contributed by atoms with Gasteiger partial charge in [0, 0.05) is 45.0 Å². The first kappa shape index (κ1) is 26.4. The Morgan fingerprint density at radius 1 is 1.06 bits per heavy atom. The number of H-pyrrole nitrogens is 1. The maximum Gasteiger partial charge on any atom is 0.409 e. The molecule has 2 heterocycles. The van der Waals surface area contributed by atoms with E-state index in [-0.39, 0.29) is 6.09 Å². The average Bonchev–Trinajstić information content (AvgIpc) is 3.28. The van der Waals surface area contributed by atoms with E-state index in [1.54, 1.807) is 11.9 Å². The fraction of sp³-hybridized carbons (Fsp3) is 0.360. The van der Waals surface area contributed by atoms with Gasteiger partial charge in [-0.15, -0.1) is 0 Å². The minimum absolute atomic E-state index is 0.344. The van der Waals surface area contributed by atoms with Crippen molar-refractivity contribution in [3.63, 3.8) is 0 Å². The van der Waals surface area contributed by atoms with Crippen LogP contribution in [0, 0.1) is 6.92 Å². The number of ether oxygens (including phenoxy) is 1. The van der Waals surface area contributed by atoms with E-state index in [1.807, 2.05) is 87.3 Å². The van der Waals surface area contributed by atoms with E-state index in [9.17, 15) is 4.79 Å². The van der Waals surface area contributed by atoms with Gasteiger partial charge in [-0.25, -0.2) is 14.8 Å². The molecule has 0 aliphatic carbocycles. The maximum absolute atomic E-state index is 11.6. The first-order valence-electron chi connectivity index (χ1n) is 11.4. The third-order valence-electron chi connectivity index (χ3n) is 4.78. The van der Waals surface area contributed by atoms with Crippen LogP contribution < -0.4 is 10.2 Å². The number of anilines is 3. The number of nitrogens with zero attached hydrogens (tertiary/aromatic N) is 5. The number of methoxy groups -OCH3 is 1. The topological polar surface area (TPSA) is 99.3 Å². The number of nitrogens with one attached hydrogen (secondary N) is 2. The SMILES string of the molecule is CC.COC(=O)N(C)CCCN(C)c1cc(Nc2cc(C)[nH]n2)nc(/C=C/c2ccccc2)n1. The van der Waals surface area contributed by atoms with Crippen LogP contribution in [-0.4, -0.2) is 65.5 Å². The van der Waals surface area contributed by atoms with Gasteiger partial charge in [0.05, 0.1) is 7.11 Å². The number of carbonyl (C=O) groups is 1. The fourth-order valence-corrected chi connectivity index (χ4v) is 3.04. The Labute approximate surface area is 201 Å². The van der Waals surface area contributed by atoms with Crippen LogP contribution in [0.3, 0.4) is 0 Å². The lowest BCUT2D eigenvalue weighted by Gasteiger charge is -2.21. The van der Waals surface area contributed by atoms with Gasteiger partial charge in [0.2, 0.25) is 0 Å². The van der Waals surface area contributed by atoms with Crippen LogP contribution in [0.1, 0.15) is 37.4 Å². The summed E-state index contributed by atoms with van der Waals surface area (Å²) >= 11 is 0. The molecule has 0 fully saturated rings. The van der Waals surface area contributed by atoms with Crippen LogP contribution in [-0.2, 0) is 4.74 Å². The smallest absolute Gasteiger partial charge is 0.409 e. The number of carbonyl (C=O) groups excluding carboxylic acids is 1. The van der Waals surface area contributed by atoms with Crippen molar-refractivity contribution >= 4 is 35.7 Å². The summed E-state index contributed by atoms with van der Waals surface area (Å²) in [5.74, 6) is 2.68. The van der Waals surface area contributed by atoms with Crippen LogP contribution in [0.5, 0.6) is 0 Å². The molecular formula is C25H35N7O2. The average molecular weight is 466 g/mol. The van der Waals surface area contributed by atoms with Gasteiger partial charge in [0.25, 0.3) is 0 Å². The van der Waals surface area contributed by atoms with Gasteiger partial charge in [-0.2, -0.15) is 5.10 Å². The van der Waals surface area contributed by atoms with Gasteiger partial charge in [-0.1, -0.05) is 50.3 Å². The largest absolute Gasteiger partial charge is 0.453 e. The summed E-state index contributed by atoms with van der Waals surface area (Å²) in [6.07, 6.45) is 4.29. The summed E-state index contributed by atoms with van der Waals surface area (Å²) < 4.78 is 4.74. The van der Waals surface area contributed by atoms with Crippen molar-refractivity contribution in [3.05, 3.63) is 59.5 Å². The molecule has 0 aliphatic heterocycles. The second kappa shape index (κ2) is 13.6. The molecule has 0 spiro atoms. The molecule has 0 bridgehead atoms. The third-order valence-corrected chi connectivity index (χ3v) is 4.78. The summed E-state index contributed by atoms with van der Waals surface area (Å²) in [6.45, 7) is 7.23. The Morgan fingerprint density at radius 2 is 1.79 bits per heavy atom. The van der Waals surface area contributed by atoms with Crippen molar-refractivity contribution in [2.75, 3.05) is 44.5 Å². The van der Waals surface area contributed by atoms with Crippen LogP contribution >= 0.6 is 0 Å². The lowest BCUT2D eigenvalue weighted by atomic mass is 10.2. The lowest BCUT2D eigenvalue weighted by Crippen LogP contribution is -2.30. The summed E-state index contributed by atoms with van der Waals surface area (Å²) in [6, 6.07) is 13.8. The normalized spacial score (nSPS) is 10.4. The minimum Gasteiger partial charge on any atom is -0.453 e. The Balaban J connectivity index is 0.00000199. The van der Waals surface area contributed by atoms with E-state index in [0.717, 1.165) is 23.5 Å². The number of hydrogen-bond acceptors (Lipinski definition) is 7. The molecule has 34 heavy (non-hydrogen) atoms. The van der Waals surface area contributed by atoms with E-state index < -0.39 is 0 Å². The fourth-order valence-electron chi connectivity index (χ4n) is 3.04. The molecule has 0 saturated carbocycles. The predicted molar refractivity (Wildman–Crippen MR) is 138 cm³/mol. The zero-order chi connectivity index (χ0) is 24.9. The van der Waals surface area contributed by atoms with E-state index in [1.165, 1.54) is 7.11 Å². The van der Waals surface area contributed by atoms with E-state index in [0.29, 0.717) is 30.5 Å². The molecule has 2 N–H and O–H groups in total. The molecule has 0 atom stereocenters. The van der Waals surface area contributed by atoms with Crippen molar-refractivity contribution in [2.24, 2.45) is 0 Å². The Bertz CT molecular complexity index is 1050. The van der Waals surface area contributed by atoms with Crippen LogP contribution in [0.2, 0.25) is 0 Å². The number of aromatic amines is 1. The van der Waals surface area contributed by atoms with Crippen molar-refractivity contribution in [2.45, 2.75) is 27.2 Å². The van der Waals surface area contributed by atoms with Gasteiger partial charge in [-0.05, 0) is 25.0 Å². The molecule has 182 valence electrons. The van der Waals surface area contributed by atoms with E-state index >= 15 is 0 Å². The molecule has 9 nitrogen and oxygen atoms in total. The van der Waals surface area contributed by atoms with Crippen LogP contribution in [0.4, 0.5) is 22.2 Å².